The number of sulfonamides is 1. The highest BCUT2D eigenvalue weighted by atomic mass is 35.5. The number of hydrogen-bond donors (Lipinski definition) is 1. The molecule has 0 radical (unpaired) electrons. The fraction of sp³-hybridized carbons (Fsp3) is 0.455. The molecule has 1 fully saturated rings. The van der Waals surface area contributed by atoms with Gasteiger partial charge in [-0.05, 0) is 31.0 Å². The largest absolute Gasteiger partial charge is 0.329 e. The Hall–Kier alpha value is -0.400. The minimum absolute atomic E-state index is 0. The summed E-state index contributed by atoms with van der Waals surface area (Å²) in [5, 5.41) is 0.170. The third-order valence-corrected chi connectivity index (χ3v) is 5.30. The minimum atomic E-state index is -3.83. The van der Waals surface area contributed by atoms with Gasteiger partial charge < -0.3 is 5.73 Å². The van der Waals surface area contributed by atoms with E-state index in [9.17, 15) is 12.8 Å². The molecule has 108 valence electrons. The van der Waals surface area contributed by atoms with E-state index in [1.54, 1.807) is 0 Å². The highest BCUT2D eigenvalue weighted by Gasteiger charge is 2.35. The van der Waals surface area contributed by atoms with E-state index in [1.165, 1.54) is 16.4 Å². The van der Waals surface area contributed by atoms with Gasteiger partial charge in [0.15, 0.2) is 0 Å². The smallest absolute Gasteiger partial charge is 0.246 e. The van der Waals surface area contributed by atoms with Crippen molar-refractivity contribution in [2.75, 3.05) is 13.1 Å². The van der Waals surface area contributed by atoms with E-state index >= 15 is 0 Å². The zero-order valence-corrected chi connectivity index (χ0v) is 12.4. The van der Waals surface area contributed by atoms with Crippen LogP contribution in [0.2, 0.25) is 5.02 Å². The van der Waals surface area contributed by atoms with Crippen molar-refractivity contribution in [3.8, 4) is 0 Å². The lowest BCUT2D eigenvalue weighted by atomic mass is 10.2. The van der Waals surface area contributed by atoms with Crippen LogP contribution < -0.4 is 5.73 Å². The third kappa shape index (κ3) is 3.20. The second kappa shape index (κ2) is 6.37. The van der Waals surface area contributed by atoms with Crippen LogP contribution >= 0.6 is 24.0 Å². The molecule has 0 amide bonds. The number of nitrogens with two attached hydrogens (primary N) is 1. The second-order valence-corrected chi connectivity index (χ2v) is 6.52. The van der Waals surface area contributed by atoms with Crippen LogP contribution in [0.25, 0.3) is 0 Å². The van der Waals surface area contributed by atoms with Crippen molar-refractivity contribution < 1.29 is 12.8 Å². The molecule has 1 unspecified atom stereocenters. The number of benzene rings is 1. The molecule has 2 rings (SSSR count). The van der Waals surface area contributed by atoms with Crippen molar-refractivity contribution in [1.29, 1.82) is 0 Å². The number of nitrogens with zero attached hydrogens (tertiary/aromatic N) is 1. The van der Waals surface area contributed by atoms with E-state index in [-0.39, 0.29) is 34.9 Å². The fourth-order valence-corrected chi connectivity index (χ4v) is 4.08. The lowest BCUT2D eigenvalue weighted by Gasteiger charge is -2.23. The van der Waals surface area contributed by atoms with Crippen LogP contribution in [0.1, 0.15) is 12.8 Å². The number of halogens is 3. The van der Waals surface area contributed by atoms with Crippen LogP contribution in [0.15, 0.2) is 23.1 Å². The number of rotatable bonds is 3. The van der Waals surface area contributed by atoms with Crippen LogP contribution in [-0.2, 0) is 10.0 Å². The van der Waals surface area contributed by atoms with Gasteiger partial charge in [-0.25, -0.2) is 12.8 Å². The van der Waals surface area contributed by atoms with E-state index in [2.05, 4.69) is 0 Å². The van der Waals surface area contributed by atoms with Gasteiger partial charge in [-0.2, -0.15) is 4.31 Å². The van der Waals surface area contributed by atoms with E-state index in [0.29, 0.717) is 13.0 Å². The summed E-state index contributed by atoms with van der Waals surface area (Å²) in [6.07, 6.45) is 1.46. The quantitative estimate of drug-likeness (QED) is 0.923. The number of hydrogen-bond acceptors (Lipinski definition) is 3. The predicted octanol–water partition coefficient (Wildman–Crippen LogP) is 2.01. The molecule has 0 aliphatic carbocycles. The Labute approximate surface area is 123 Å². The SMILES string of the molecule is Cl.NCC1CCCN1S(=O)(=O)c1ccc(Cl)cc1F. The molecule has 1 aliphatic rings. The standard InChI is InChI=1S/C11H14ClFN2O2S.ClH/c12-8-3-4-11(10(13)6-8)18(16,17)15-5-1-2-9(15)7-14;/h3-4,6,9H,1-2,5,7,14H2;1H. The molecular weight excluding hydrogens is 314 g/mol. The summed E-state index contributed by atoms with van der Waals surface area (Å²) in [6, 6.07) is 3.32. The topological polar surface area (TPSA) is 63.4 Å². The summed E-state index contributed by atoms with van der Waals surface area (Å²) in [5.74, 6) is -0.829. The van der Waals surface area contributed by atoms with E-state index < -0.39 is 15.8 Å². The van der Waals surface area contributed by atoms with Gasteiger partial charge >= 0.3 is 0 Å². The monoisotopic (exact) mass is 328 g/mol. The summed E-state index contributed by atoms with van der Waals surface area (Å²) in [6.45, 7) is 0.626. The Morgan fingerprint density at radius 2 is 2.16 bits per heavy atom. The van der Waals surface area contributed by atoms with Gasteiger partial charge in [0.1, 0.15) is 10.7 Å². The molecule has 2 N–H and O–H groups in total. The summed E-state index contributed by atoms with van der Waals surface area (Å²) >= 11 is 5.61. The average molecular weight is 329 g/mol. The first-order chi connectivity index (χ1) is 8.46. The summed E-state index contributed by atoms with van der Waals surface area (Å²) in [4.78, 5) is -0.341. The molecule has 1 heterocycles. The molecule has 0 spiro atoms. The first-order valence-corrected chi connectivity index (χ1v) is 7.45. The average Bonchev–Trinajstić information content (AvgIpc) is 2.76. The molecule has 1 atom stereocenters. The van der Waals surface area contributed by atoms with Crippen molar-refractivity contribution in [3.63, 3.8) is 0 Å². The maximum Gasteiger partial charge on any atom is 0.246 e. The lowest BCUT2D eigenvalue weighted by molar-refractivity contribution is 0.390. The summed E-state index contributed by atoms with van der Waals surface area (Å²) in [7, 11) is -3.83. The van der Waals surface area contributed by atoms with Crippen LogP contribution in [0.5, 0.6) is 0 Å². The predicted molar refractivity (Wildman–Crippen MR) is 74.6 cm³/mol. The molecule has 1 aromatic carbocycles. The van der Waals surface area contributed by atoms with Gasteiger partial charge in [0, 0.05) is 24.2 Å². The highest BCUT2D eigenvalue weighted by Crippen LogP contribution is 2.28. The first kappa shape index (κ1) is 16.7. The van der Waals surface area contributed by atoms with Gasteiger partial charge in [-0.15, -0.1) is 12.4 Å². The molecular formula is C11H15Cl2FN2O2S. The summed E-state index contributed by atoms with van der Waals surface area (Å²) < 4.78 is 39.6. The molecule has 8 heteroatoms. The highest BCUT2D eigenvalue weighted by molar-refractivity contribution is 7.89. The van der Waals surface area contributed by atoms with E-state index in [0.717, 1.165) is 12.5 Å². The van der Waals surface area contributed by atoms with Crippen molar-refractivity contribution in [1.82, 2.24) is 4.31 Å². The van der Waals surface area contributed by atoms with Crippen LogP contribution in [0.3, 0.4) is 0 Å². The van der Waals surface area contributed by atoms with Crippen LogP contribution in [0.4, 0.5) is 4.39 Å². The Morgan fingerprint density at radius 1 is 1.47 bits per heavy atom. The fourth-order valence-electron chi connectivity index (χ4n) is 2.17. The zero-order chi connectivity index (χ0) is 13.3. The van der Waals surface area contributed by atoms with Gasteiger partial charge in [0.25, 0.3) is 0 Å². The second-order valence-electron chi connectivity index (χ2n) is 4.22. The van der Waals surface area contributed by atoms with Crippen LogP contribution in [-0.4, -0.2) is 31.9 Å². The molecule has 0 aromatic heterocycles. The zero-order valence-electron chi connectivity index (χ0n) is 10.1. The summed E-state index contributed by atoms with van der Waals surface area (Å²) in [5.41, 5.74) is 5.54. The molecule has 4 nitrogen and oxygen atoms in total. The minimum Gasteiger partial charge on any atom is -0.329 e. The van der Waals surface area contributed by atoms with E-state index in [1.807, 2.05) is 0 Å². The van der Waals surface area contributed by atoms with Crippen molar-refractivity contribution >= 4 is 34.0 Å². The Bertz CT molecular complexity index is 554. The maximum absolute atomic E-state index is 13.7. The third-order valence-electron chi connectivity index (χ3n) is 3.08. The van der Waals surface area contributed by atoms with Gasteiger partial charge in [-0.1, -0.05) is 11.6 Å². The van der Waals surface area contributed by atoms with Gasteiger partial charge in [-0.3, -0.25) is 0 Å². The van der Waals surface area contributed by atoms with Gasteiger partial charge in [0.2, 0.25) is 10.0 Å². The molecule has 1 saturated heterocycles. The van der Waals surface area contributed by atoms with Gasteiger partial charge in [0.05, 0.1) is 0 Å². The normalized spacial score (nSPS) is 20.3. The Balaban J connectivity index is 0.00000180. The molecule has 0 saturated carbocycles. The van der Waals surface area contributed by atoms with Crippen molar-refractivity contribution in [2.45, 2.75) is 23.8 Å². The van der Waals surface area contributed by atoms with Crippen molar-refractivity contribution in [3.05, 3.63) is 29.0 Å². The molecule has 19 heavy (non-hydrogen) atoms. The maximum atomic E-state index is 13.7. The van der Waals surface area contributed by atoms with E-state index in [4.69, 9.17) is 17.3 Å². The Morgan fingerprint density at radius 3 is 2.74 bits per heavy atom. The lowest BCUT2D eigenvalue weighted by Crippen LogP contribution is -2.40. The molecule has 1 aromatic rings. The molecule has 1 aliphatic heterocycles. The van der Waals surface area contributed by atoms with Crippen LogP contribution in [0, 0.1) is 5.82 Å². The Kier molecular flexibility index (Phi) is 5.58. The van der Waals surface area contributed by atoms with Crippen molar-refractivity contribution in [2.24, 2.45) is 5.73 Å². The first-order valence-electron chi connectivity index (χ1n) is 5.64. The molecule has 0 bridgehead atoms.